The van der Waals surface area contributed by atoms with Crippen molar-refractivity contribution in [2.45, 2.75) is 26.4 Å². The van der Waals surface area contributed by atoms with E-state index in [-0.39, 0.29) is 23.4 Å². The molecule has 1 saturated heterocycles. The number of aryl methyl sites for hydroxylation is 1. The fourth-order valence-corrected chi connectivity index (χ4v) is 3.80. The monoisotopic (exact) mass is 460 g/mol. The smallest absolute Gasteiger partial charge is 0.247 e. The summed E-state index contributed by atoms with van der Waals surface area (Å²) < 4.78 is 49.0. The van der Waals surface area contributed by atoms with Gasteiger partial charge in [-0.15, -0.1) is 5.10 Å². The van der Waals surface area contributed by atoms with Crippen LogP contribution >= 0.6 is 0 Å². The van der Waals surface area contributed by atoms with Crippen molar-refractivity contribution in [3.63, 3.8) is 0 Å². The van der Waals surface area contributed by atoms with Crippen LogP contribution in [-0.2, 0) is 4.74 Å². The molecule has 1 aliphatic rings. The van der Waals surface area contributed by atoms with Gasteiger partial charge in [-0.25, -0.2) is 17.9 Å². The third kappa shape index (κ3) is 5.82. The Hall–Kier alpha value is -3.11. The lowest BCUT2D eigenvalue weighted by Crippen LogP contribution is -2.44. The lowest BCUT2D eigenvalue weighted by atomic mass is 10.1. The highest BCUT2D eigenvalue weighted by Crippen LogP contribution is 2.27. The molecule has 1 aromatic heterocycles. The molecule has 2 aromatic carbocycles. The van der Waals surface area contributed by atoms with Crippen molar-refractivity contribution in [2.75, 3.05) is 43.4 Å². The molecule has 4 rings (SSSR count). The van der Waals surface area contributed by atoms with Gasteiger partial charge in [0.2, 0.25) is 5.95 Å². The number of morpholine rings is 1. The third-order valence-corrected chi connectivity index (χ3v) is 5.49. The van der Waals surface area contributed by atoms with Crippen LogP contribution in [0.1, 0.15) is 18.9 Å². The summed E-state index contributed by atoms with van der Waals surface area (Å²) in [5.41, 5.74) is 1.61. The SMILES string of the molecule is CCC1CN(CCNc2cc(C)cc(Nc3ncn(-c4cc(F)cc(F)c4)n3)c2F)CCO1. The van der Waals surface area contributed by atoms with E-state index in [1.807, 2.05) is 6.92 Å². The molecule has 0 amide bonds. The Morgan fingerprint density at radius 1 is 1.09 bits per heavy atom. The molecule has 2 N–H and O–H groups in total. The maximum atomic E-state index is 15.1. The zero-order valence-corrected chi connectivity index (χ0v) is 18.6. The van der Waals surface area contributed by atoms with Crippen molar-refractivity contribution in [3.8, 4) is 5.69 Å². The summed E-state index contributed by atoms with van der Waals surface area (Å²) in [6.45, 7) is 7.81. The van der Waals surface area contributed by atoms with Crippen LogP contribution in [0, 0.1) is 24.4 Å². The number of ether oxygens (including phenoxy) is 1. The summed E-state index contributed by atoms with van der Waals surface area (Å²) in [6.07, 6.45) is 2.53. The van der Waals surface area contributed by atoms with Crippen LogP contribution in [-0.4, -0.2) is 58.6 Å². The summed E-state index contributed by atoms with van der Waals surface area (Å²) in [4.78, 5) is 6.39. The van der Waals surface area contributed by atoms with Crippen LogP contribution in [0.15, 0.2) is 36.7 Å². The summed E-state index contributed by atoms with van der Waals surface area (Å²) in [7, 11) is 0. The van der Waals surface area contributed by atoms with Gasteiger partial charge < -0.3 is 15.4 Å². The Labute approximate surface area is 190 Å². The lowest BCUT2D eigenvalue weighted by Gasteiger charge is -2.32. The van der Waals surface area contributed by atoms with Crippen LogP contribution < -0.4 is 10.6 Å². The van der Waals surface area contributed by atoms with Gasteiger partial charge in [0, 0.05) is 32.2 Å². The van der Waals surface area contributed by atoms with E-state index in [1.165, 1.54) is 11.0 Å². The molecule has 0 aliphatic carbocycles. The number of rotatable bonds is 8. The Kier molecular flexibility index (Phi) is 7.14. The van der Waals surface area contributed by atoms with Gasteiger partial charge in [-0.2, -0.15) is 4.98 Å². The van der Waals surface area contributed by atoms with Gasteiger partial charge in [0.15, 0.2) is 5.82 Å². The van der Waals surface area contributed by atoms with Crippen LogP contribution in [0.2, 0.25) is 0 Å². The van der Waals surface area contributed by atoms with Gasteiger partial charge in [-0.3, -0.25) is 4.90 Å². The van der Waals surface area contributed by atoms with Crippen LogP contribution in [0.5, 0.6) is 0 Å². The maximum absolute atomic E-state index is 15.1. The molecule has 0 bridgehead atoms. The molecule has 33 heavy (non-hydrogen) atoms. The zero-order valence-electron chi connectivity index (χ0n) is 18.6. The van der Waals surface area contributed by atoms with Gasteiger partial charge in [-0.1, -0.05) is 6.92 Å². The highest BCUT2D eigenvalue weighted by Gasteiger charge is 2.19. The Morgan fingerprint density at radius 2 is 1.85 bits per heavy atom. The molecule has 0 spiro atoms. The van der Waals surface area contributed by atoms with Crippen molar-refractivity contribution < 1.29 is 17.9 Å². The summed E-state index contributed by atoms with van der Waals surface area (Å²) >= 11 is 0. The molecule has 7 nitrogen and oxygen atoms in total. The van der Waals surface area contributed by atoms with Crippen molar-refractivity contribution >= 4 is 17.3 Å². The van der Waals surface area contributed by atoms with Gasteiger partial charge in [0.1, 0.15) is 18.0 Å². The predicted molar refractivity (Wildman–Crippen MR) is 121 cm³/mol. The van der Waals surface area contributed by atoms with Crippen molar-refractivity contribution in [1.82, 2.24) is 19.7 Å². The van der Waals surface area contributed by atoms with E-state index in [2.05, 4.69) is 32.5 Å². The Morgan fingerprint density at radius 3 is 2.61 bits per heavy atom. The minimum absolute atomic E-state index is 0.106. The van der Waals surface area contributed by atoms with Crippen molar-refractivity contribution in [1.29, 1.82) is 0 Å². The lowest BCUT2D eigenvalue weighted by molar-refractivity contribution is -0.0282. The van der Waals surface area contributed by atoms with E-state index >= 15 is 4.39 Å². The first kappa shape index (κ1) is 23.1. The quantitative estimate of drug-likeness (QED) is 0.524. The molecule has 0 saturated carbocycles. The second-order valence-corrected chi connectivity index (χ2v) is 8.07. The Balaban J connectivity index is 1.42. The van der Waals surface area contributed by atoms with Gasteiger partial charge in [0.25, 0.3) is 0 Å². The number of nitrogens with one attached hydrogen (secondary N) is 2. The molecule has 1 aliphatic heterocycles. The molecular formula is C23H27F3N6O. The molecule has 10 heteroatoms. The summed E-state index contributed by atoms with van der Waals surface area (Å²) in [5, 5.41) is 10.2. The standard InChI is InChI=1S/C23H27F3N6O/c1-3-19-13-31(6-7-33-19)5-4-27-20-8-15(2)9-21(22(20)26)29-23-28-14-32(30-23)18-11-16(24)10-17(25)12-18/h8-12,14,19,27H,3-7,13H2,1-2H3,(H,29,30). The number of hydrogen-bond acceptors (Lipinski definition) is 6. The second-order valence-electron chi connectivity index (χ2n) is 8.07. The first-order valence-electron chi connectivity index (χ1n) is 10.9. The van der Waals surface area contributed by atoms with E-state index in [9.17, 15) is 8.78 Å². The highest BCUT2D eigenvalue weighted by atomic mass is 19.1. The zero-order chi connectivity index (χ0) is 23.4. The van der Waals surface area contributed by atoms with Crippen LogP contribution in [0.3, 0.4) is 0 Å². The van der Waals surface area contributed by atoms with E-state index in [1.54, 1.807) is 12.1 Å². The second kappa shape index (κ2) is 10.2. The molecule has 0 radical (unpaired) electrons. The van der Waals surface area contributed by atoms with Crippen LogP contribution in [0.4, 0.5) is 30.5 Å². The number of hydrogen-bond donors (Lipinski definition) is 2. The molecule has 1 unspecified atom stereocenters. The number of benzene rings is 2. The van der Waals surface area contributed by atoms with E-state index in [4.69, 9.17) is 4.74 Å². The number of anilines is 3. The molecule has 3 aromatic rings. The highest BCUT2D eigenvalue weighted by molar-refractivity contribution is 5.64. The minimum Gasteiger partial charge on any atom is -0.381 e. The van der Waals surface area contributed by atoms with Gasteiger partial charge in [0.05, 0.1) is 29.8 Å². The molecule has 176 valence electrons. The largest absolute Gasteiger partial charge is 0.381 e. The van der Waals surface area contributed by atoms with Gasteiger partial charge in [-0.05, 0) is 43.2 Å². The fraction of sp³-hybridized carbons (Fsp3) is 0.391. The minimum atomic E-state index is -0.724. The van der Waals surface area contributed by atoms with E-state index in [0.717, 1.165) is 49.8 Å². The molecule has 2 heterocycles. The molecular weight excluding hydrogens is 433 g/mol. The number of aromatic nitrogens is 3. The van der Waals surface area contributed by atoms with Gasteiger partial charge >= 0.3 is 0 Å². The number of nitrogens with zero attached hydrogens (tertiary/aromatic N) is 4. The summed E-state index contributed by atoms with van der Waals surface area (Å²) in [5.74, 6) is -1.80. The van der Waals surface area contributed by atoms with E-state index in [0.29, 0.717) is 18.8 Å². The van der Waals surface area contributed by atoms with Crippen molar-refractivity contribution in [3.05, 3.63) is 59.7 Å². The third-order valence-electron chi connectivity index (χ3n) is 5.49. The average molecular weight is 461 g/mol. The van der Waals surface area contributed by atoms with E-state index < -0.39 is 17.5 Å². The maximum Gasteiger partial charge on any atom is 0.247 e. The number of halogens is 3. The normalized spacial score (nSPS) is 16.7. The topological polar surface area (TPSA) is 67.2 Å². The fourth-order valence-electron chi connectivity index (χ4n) is 3.80. The Bertz CT molecular complexity index is 1090. The predicted octanol–water partition coefficient (Wildman–Crippen LogP) is 4.26. The summed E-state index contributed by atoms with van der Waals surface area (Å²) in [6, 6.07) is 6.44. The first-order chi connectivity index (χ1) is 15.9. The molecule has 1 atom stereocenters. The average Bonchev–Trinajstić information content (AvgIpc) is 3.25. The van der Waals surface area contributed by atoms with Crippen molar-refractivity contribution in [2.24, 2.45) is 0 Å². The van der Waals surface area contributed by atoms with Crippen LogP contribution in [0.25, 0.3) is 5.69 Å². The first-order valence-corrected chi connectivity index (χ1v) is 10.9. The molecule has 1 fully saturated rings.